The molecule has 100 valence electrons. The van der Waals surface area contributed by atoms with E-state index in [1.165, 1.54) is 23.0 Å². The lowest BCUT2D eigenvalue weighted by molar-refractivity contribution is -0.266. The van der Waals surface area contributed by atoms with E-state index in [0.717, 1.165) is 0 Å². The maximum Gasteiger partial charge on any atom is 0.461 e. The number of rotatable bonds is 3. The highest BCUT2D eigenvalue weighted by molar-refractivity contribution is 6.00. The first-order valence-electron chi connectivity index (χ1n) is 4.57. The van der Waals surface area contributed by atoms with Crippen molar-refractivity contribution in [3.8, 4) is 0 Å². The van der Waals surface area contributed by atoms with E-state index >= 15 is 0 Å². The van der Waals surface area contributed by atoms with E-state index in [-0.39, 0.29) is 11.6 Å². The van der Waals surface area contributed by atoms with Gasteiger partial charge in [0.15, 0.2) is 0 Å². The molecule has 0 radical (unpaired) electrons. The molecular weight excluding hydrogens is 261 g/mol. The topological polar surface area (TPSA) is 42.2 Å². The molecule has 0 saturated carbocycles. The Bertz CT molecular complexity index is 487. The Hall–Kier alpha value is -1.86. The second-order valence-corrected chi connectivity index (χ2v) is 3.53. The average Bonchev–Trinajstić information content (AvgIpc) is 2.62. The Morgan fingerprint density at radius 1 is 1.33 bits per heavy atom. The van der Waals surface area contributed by atoms with Gasteiger partial charge in [-0.25, -0.2) is 0 Å². The Morgan fingerprint density at radius 2 is 1.89 bits per heavy atom. The van der Waals surface area contributed by atoms with E-state index in [0.29, 0.717) is 0 Å². The molecule has 0 bridgehead atoms. The van der Waals surface area contributed by atoms with Gasteiger partial charge in [-0.3, -0.25) is 4.79 Å². The molecule has 0 aliphatic carbocycles. The number of halogens is 5. The van der Waals surface area contributed by atoms with Gasteiger partial charge >= 0.3 is 12.1 Å². The first-order chi connectivity index (χ1) is 8.05. The van der Waals surface area contributed by atoms with E-state index in [1.54, 1.807) is 7.05 Å². The Kier molecular flexibility index (Phi) is 3.50. The lowest BCUT2D eigenvalue weighted by atomic mass is 10.1. The highest BCUT2D eigenvalue weighted by Crippen LogP contribution is 2.36. The number of aliphatic hydroxyl groups is 1. The predicted molar refractivity (Wildman–Crippen MR) is 52.0 cm³/mol. The lowest BCUT2D eigenvalue weighted by Gasteiger charge is -2.16. The highest BCUT2D eigenvalue weighted by Gasteiger charge is 2.62. The first kappa shape index (κ1) is 14.2. The fourth-order valence-electron chi connectivity index (χ4n) is 1.09. The molecule has 1 aromatic heterocycles. The molecule has 0 aliphatic heterocycles. The van der Waals surface area contributed by atoms with Crippen molar-refractivity contribution in [2.45, 2.75) is 12.1 Å². The molecule has 1 aromatic rings. The number of carbonyl (C=O) groups excluding carboxylic acids is 1. The summed E-state index contributed by atoms with van der Waals surface area (Å²) in [6.07, 6.45) is -3.45. The molecular formula is C10H8F5NO2. The van der Waals surface area contributed by atoms with Crippen molar-refractivity contribution < 1.29 is 31.9 Å². The normalized spacial score (nSPS) is 13.8. The molecule has 18 heavy (non-hydrogen) atoms. The van der Waals surface area contributed by atoms with Gasteiger partial charge in [0.2, 0.25) is 5.78 Å². The number of alkyl halides is 5. The van der Waals surface area contributed by atoms with Crippen LogP contribution in [-0.4, -0.2) is 27.6 Å². The highest BCUT2D eigenvalue weighted by atomic mass is 19.4. The van der Waals surface area contributed by atoms with Crippen molar-refractivity contribution in [1.29, 1.82) is 0 Å². The number of aliphatic hydroxyl groups excluding tert-OH is 1. The lowest BCUT2D eigenvalue weighted by Crippen LogP contribution is -2.43. The van der Waals surface area contributed by atoms with Crippen molar-refractivity contribution in [1.82, 2.24) is 4.57 Å². The van der Waals surface area contributed by atoms with Crippen LogP contribution in [0.15, 0.2) is 24.5 Å². The fourth-order valence-corrected chi connectivity index (χ4v) is 1.09. The molecule has 1 N–H and O–H groups in total. The zero-order chi connectivity index (χ0) is 14.1. The summed E-state index contributed by atoms with van der Waals surface area (Å²) in [6.45, 7) is 0. The predicted octanol–water partition coefficient (Wildman–Crippen LogP) is 2.69. The molecule has 0 fully saturated rings. The van der Waals surface area contributed by atoms with Crippen LogP contribution >= 0.6 is 0 Å². The summed E-state index contributed by atoms with van der Waals surface area (Å²) in [5, 5.41) is 9.26. The molecule has 0 aromatic carbocycles. The maximum absolute atomic E-state index is 12.6. The van der Waals surface area contributed by atoms with Gasteiger partial charge in [0.25, 0.3) is 0 Å². The summed E-state index contributed by atoms with van der Waals surface area (Å²) in [7, 11) is 1.54. The molecule has 3 nitrogen and oxygen atoms in total. The van der Waals surface area contributed by atoms with Crippen LogP contribution in [0, 0.1) is 0 Å². The fraction of sp³-hybridized carbons (Fsp3) is 0.300. The summed E-state index contributed by atoms with van der Waals surface area (Å²) < 4.78 is 62.1. The summed E-state index contributed by atoms with van der Waals surface area (Å²) in [6, 6.07) is 1.25. The summed E-state index contributed by atoms with van der Waals surface area (Å²) in [4.78, 5) is 10.8. The Balaban J connectivity index is 3.00. The number of nitrogens with zero attached hydrogens (tertiary/aromatic N) is 1. The van der Waals surface area contributed by atoms with Crippen molar-refractivity contribution in [2.75, 3.05) is 0 Å². The molecule has 0 saturated heterocycles. The molecule has 0 amide bonds. The number of aryl methyl sites for hydroxylation is 1. The van der Waals surface area contributed by atoms with Crippen LogP contribution in [0.4, 0.5) is 22.0 Å². The largest absolute Gasteiger partial charge is 0.507 e. The SMILES string of the molecule is Cn1ccc(/C(O)=C/C(=O)C(F)(F)C(F)(F)F)c1. The van der Waals surface area contributed by atoms with Gasteiger partial charge in [-0.1, -0.05) is 0 Å². The zero-order valence-electron chi connectivity index (χ0n) is 9.00. The minimum Gasteiger partial charge on any atom is -0.507 e. The van der Waals surface area contributed by atoms with Gasteiger partial charge in [0.05, 0.1) is 0 Å². The molecule has 0 aliphatic rings. The second-order valence-electron chi connectivity index (χ2n) is 3.53. The molecule has 1 rings (SSSR count). The van der Waals surface area contributed by atoms with Crippen LogP contribution in [0.3, 0.4) is 0 Å². The van der Waals surface area contributed by atoms with Crippen LogP contribution in [0.5, 0.6) is 0 Å². The van der Waals surface area contributed by atoms with Crippen molar-refractivity contribution >= 4 is 11.5 Å². The van der Waals surface area contributed by atoms with Crippen molar-refractivity contribution in [3.05, 3.63) is 30.1 Å². The van der Waals surface area contributed by atoms with Gasteiger partial charge in [-0.05, 0) is 6.07 Å². The van der Waals surface area contributed by atoms with Crippen LogP contribution < -0.4 is 0 Å². The van der Waals surface area contributed by atoms with Gasteiger partial charge in [0.1, 0.15) is 5.76 Å². The molecule has 8 heteroatoms. The van der Waals surface area contributed by atoms with Crippen LogP contribution in [0.25, 0.3) is 5.76 Å². The third-order valence-corrected chi connectivity index (χ3v) is 2.06. The van der Waals surface area contributed by atoms with Crippen LogP contribution in [0.2, 0.25) is 0 Å². The minimum atomic E-state index is -5.99. The zero-order valence-corrected chi connectivity index (χ0v) is 9.00. The third kappa shape index (κ3) is 2.69. The molecule has 0 spiro atoms. The minimum absolute atomic E-state index is 0.0381. The quantitative estimate of drug-likeness (QED) is 0.520. The first-order valence-corrected chi connectivity index (χ1v) is 4.57. The van der Waals surface area contributed by atoms with Gasteiger partial charge in [-0.2, -0.15) is 22.0 Å². The smallest absolute Gasteiger partial charge is 0.461 e. The van der Waals surface area contributed by atoms with Crippen LogP contribution in [0.1, 0.15) is 5.56 Å². The van der Waals surface area contributed by atoms with E-state index in [4.69, 9.17) is 0 Å². The number of ketones is 1. The molecule has 0 unspecified atom stereocenters. The summed E-state index contributed by atoms with van der Waals surface area (Å²) >= 11 is 0. The number of allylic oxidation sites excluding steroid dienone is 1. The monoisotopic (exact) mass is 269 g/mol. The third-order valence-electron chi connectivity index (χ3n) is 2.06. The van der Waals surface area contributed by atoms with Crippen molar-refractivity contribution in [2.24, 2.45) is 7.05 Å². The second kappa shape index (κ2) is 4.43. The molecule has 1 heterocycles. The van der Waals surface area contributed by atoms with E-state index in [1.807, 2.05) is 0 Å². The van der Waals surface area contributed by atoms with E-state index in [9.17, 15) is 31.9 Å². The summed E-state index contributed by atoms with van der Waals surface area (Å²) in [5.41, 5.74) is -0.0381. The van der Waals surface area contributed by atoms with Crippen LogP contribution in [-0.2, 0) is 11.8 Å². The molecule has 0 atom stereocenters. The summed E-state index contributed by atoms with van der Waals surface area (Å²) in [5.74, 6) is -8.99. The number of hydrogen-bond donors (Lipinski definition) is 1. The van der Waals surface area contributed by atoms with Gasteiger partial charge in [0, 0.05) is 31.1 Å². The average molecular weight is 269 g/mol. The van der Waals surface area contributed by atoms with E-state index < -0.39 is 23.6 Å². The number of carbonyl (C=O) groups is 1. The Labute approximate surface area is 98.1 Å². The van der Waals surface area contributed by atoms with Gasteiger partial charge < -0.3 is 9.67 Å². The van der Waals surface area contributed by atoms with Crippen molar-refractivity contribution in [3.63, 3.8) is 0 Å². The van der Waals surface area contributed by atoms with Gasteiger partial charge in [-0.15, -0.1) is 0 Å². The standard InChI is InChI=1S/C10H8F5NO2/c1-16-3-2-6(5-16)7(17)4-8(18)9(11,12)10(13,14)15/h2-5,17H,1H3/b7-4-. The van der Waals surface area contributed by atoms with E-state index in [2.05, 4.69) is 0 Å². The Morgan fingerprint density at radius 3 is 2.28 bits per heavy atom. The maximum atomic E-state index is 12.6. The number of aromatic nitrogens is 1. The number of hydrogen-bond acceptors (Lipinski definition) is 2.